The molecule has 0 saturated carbocycles. The summed E-state index contributed by atoms with van der Waals surface area (Å²) in [6.07, 6.45) is 2.28. The monoisotopic (exact) mass is 250 g/mol. The van der Waals surface area contributed by atoms with E-state index in [0.29, 0.717) is 0 Å². The fourth-order valence-corrected chi connectivity index (χ4v) is 4.19. The van der Waals surface area contributed by atoms with Crippen molar-refractivity contribution >= 4 is 22.7 Å². The van der Waals surface area contributed by atoms with Crippen molar-refractivity contribution in [3.63, 3.8) is 0 Å². The second kappa shape index (κ2) is 4.72. The van der Waals surface area contributed by atoms with Gasteiger partial charge in [0.25, 0.3) is 0 Å². The van der Waals surface area contributed by atoms with Crippen LogP contribution in [-0.4, -0.2) is 0 Å². The van der Waals surface area contributed by atoms with Gasteiger partial charge < -0.3 is 0 Å². The van der Waals surface area contributed by atoms with Crippen LogP contribution in [0.3, 0.4) is 0 Å². The van der Waals surface area contributed by atoms with Gasteiger partial charge in [-0.25, -0.2) is 0 Å². The molecule has 16 heavy (non-hydrogen) atoms. The lowest BCUT2D eigenvalue weighted by atomic mass is 10.1. The van der Waals surface area contributed by atoms with E-state index >= 15 is 0 Å². The van der Waals surface area contributed by atoms with Crippen LogP contribution in [0.15, 0.2) is 12.1 Å². The third-order valence-corrected chi connectivity index (χ3v) is 5.00. The zero-order chi connectivity index (χ0) is 11.7. The van der Waals surface area contributed by atoms with Crippen LogP contribution in [0, 0.1) is 20.8 Å². The number of hydrogen-bond acceptors (Lipinski definition) is 2. The number of hydrogen-bond donors (Lipinski definition) is 0. The van der Waals surface area contributed by atoms with Gasteiger partial charge in [0.15, 0.2) is 0 Å². The van der Waals surface area contributed by atoms with Crippen molar-refractivity contribution in [2.75, 3.05) is 0 Å². The molecule has 0 aliphatic rings. The molecule has 0 atom stereocenters. The minimum absolute atomic E-state index is 1.12. The van der Waals surface area contributed by atoms with Crippen molar-refractivity contribution in [1.29, 1.82) is 0 Å². The van der Waals surface area contributed by atoms with Gasteiger partial charge in [0, 0.05) is 25.9 Å². The second-order valence-electron chi connectivity index (χ2n) is 4.27. The first-order valence-corrected chi connectivity index (χ1v) is 7.37. The maximum atomic E-state index is 2.34. The summed E-state index contributed by atoms with van der Waals surface area (Å²) in [7, 11) is 0. The first kappa shape index (κ1) is 11.9. The molecule has 0 N–H and O–H groups in total. The Labute approximate surface area is 106 Å². The molecule has 0 nitrogen and oxygen atoms in total. The molecule has 2 heterocycles. The smallest absolute Gasteiger partial charge is 0.0124 e. The molecule has 0 amide bonds. The highest BCUT2D eigenvalue weighted by molar-refractivity contribution is 7.12. The Hall–Kier alpha value is -0.600. The van der Waals surface area contributed by atoms with Crippen LogP contribution in [0.1, 0.15) is 37.6 Å². The summed E-state index contributed by atoms with van der Waals surface area (Å²) in [5, 5.41) is 0. The van der Waals surface area contributed by atoms with Crippen LogP contribution < -0.4 is 0 Å². The SMILES string of the molecule is CCc1cc(C)sc1Cc1cc(C)sc1C. The molecule has 0 unspecified atom stereocenters. The molecule has 0 aliphatic heterocycles. The Morgan fingerprint density at radius 2 is 1.56 bits per heavy atom. The van der Waals surface area contributed by atoms with Crippen LogP contribution >= 0.6 is 22.7 Å². The molecule has 86 valence electrons. The van der Waals surface area contributed by atoms with Gasteiger partial charge in [-0.3, -0.25) is 0 Å². The lowest BCUT2D eigenvalue weighted by Crippen LogP contribution is -1.88. The molecule has 0 aromatic carbocycles. The lowest BCUT2D eigenvalue weighted by Gasteiger charge is -2.00. The predicted molar refractivity (Wildman–Crippen MR) is 75.0 cm³/mol. The van der Waals surface area contributed by atoms with Gasteiger partial charge in [0.2, 0.25) is 0 Å². The molecule has 2 rings (SSSR count). The zero-order valence-corrected chi connectivity index (χ0v) is 12.0. The normalized spacial score (nSPS) is 11.0. The fraction of sp³-hybridized carbons (Fsp3) is 0.429. The van der Waals surface area contributed by atoms with E-state index in [1.165, 1.54) is 25.8 Å². The average Bonchev–Trinajstić information content (AvgIpc) is 2.71. The van der Waals surface area contributed by atoms with E-state index in [2.05, 4.69) is 39.8 Å². The highest BCUT2D eigenvalue weighted by Gasteiger charge is 2.09. The van der Waals surface area contributed by atoms with Crippen molar-refractivity contribution in [1.82, 2.24) is 0 Å². The molecule has 0 fully saturated rings. The summed E-state index contributed by atoms with van der Waals surface area (Å²) in [6.45, 7) is 8.89. The van der Waals surface area contributed by atoms with Crippen molar-refractivity contribution in [3.05, 3.63) is 42.8 Å². The van der Waals surface area contributed by atoms with Crippen LogP contribution in [0.5, 0.6) is 0 Å². The molecule has 0 radical (unpaired) electrons. The summed E-state index contributed by atoms with van der Waals surface area (Å²) < 4.78 is 0. The Kier molecular flexibility index (Phi) is 3.50. The Balaban J connectivity index is 2.29. The highest BCUT2D eigenvalue weighted by Crippen LogP contribution is 2.29. The molecule has 0 saturated heterocycles. The summed E-state index contributed by atoms with van der Waals surface area (Å²) in [6, 6.07) is 4.68. The molecule has 2 heteroatoms. The largest absolute Gasteiger partial charge is 0.146 e. The van der Waals surface area contributed by atoms with E-state index in [-0.39, 0.29) is 0 Å². The average molecular weight is 250 g/mol. The standard InChI is InChI=1S/C14H18S2/c1-5-12-6-10(3)16-14(12)8-13-7-9(2)15-11(13)4/h6-7H,5,8H2,1-4H3. The minimum atomic E-state index is 1.12. The van der Waals surface area contributed by atoms with Crippen LogP contribution in [0.2, 0.25) is 0 Å². The van der Waals surface area contributed by atoms with Gasteiger partial charge in [-0.2, -0.15) is 0 Å². The van der Waals surface area contributed by atoms with E-state index < -0.39 is 0 Å². The van der Waals surface area contributed by atoms with Crippen molar-refractivity contribution in [2.45, 2.75) is 40.5 Å². The van der Waals surface area contributed by atoms with E-state index in [4.69, 9.17) is 0 Å². The number of rotatable bonds is 3. The lowest BCUT2D eigenvalue weighted by molar-refractivity contribution is 1.09. The number of aryl methyl sites for hydroxylation is 4. The van der Waals surface area contributed by atoms with E-state index in [0.717, 1.165) is 12.8 Å². The summed E-state index contributed by atoms with van der Waals surface area (Å²) in [5.41, 5.74) is 3.05. The van der Waals surface area contributed by atoms with Gasteiger partial charge in [0.1, 0.15) is 0 Å². The topological polar surface area (TPSA) is 0 Å². The predicted octanol–water partition coefficient (Wildman–Crippen LogP) is 4.89. The van der Waals surface area contributed by atoms with Crippen molar-refractivity contribution in [3.8, 4) is 0 Å². The van der Waals surface area contributed by atoms with E-state index in [9.17, 15) is 0 Å². The highest BCUT2D eigenvalue weighted by atomic mass is 32.1. The van der Waals surface area contributed by atoms with Gasteiger partial charge in [0.05, 0.1) is 0 Å². The summed E-state index contributed by atoms with van der Waals surface area (Å²) in [5.74, 6) is 0. The second-order valence-corrected chi connectivity index (χ2v) is 7.08. The summed E-state index contributed by atoms with van der Waals surface area (Å²) >= 11 is 3.87. The van der Waals surface area contributed by atoms with Gasteiger partial charge in [-0.15, -0.1) is 22.7 Å². The van der Waals surface area contributed by atoms with Gasteiger partial charge in [-0.05, 0) is 50.5 Å². The third kappa shape index (κ3) is 2.38. The molecular formula is C14H18S2. The zero-order valence-electron chi connectivity index (χ0n) is 10.4. The van der Waals surface area contributed by atoms with Crippen LogP contribution in [0.4, 0.5) is 0 Å². The Morgan fingerprint density at radius 1 is 0.938 bits per heavy atom. The molecular weight excluding hydrogens is 232 g/mol. The van der Waals surface area contributed by atoms with Crippen molar-refractivity contribution in [2.24, 2.45) is 0 Å². The van der Waals surface area contributed by atoms with E-state index in [1.807, 2.05) is 22.7 Å². The molecule has 2 aromatic rings. The van der Waals surface area contributed by atoms with Crippen LogP contribution in [0.25, 0.3) is 0 Å². The Bertz CT molecular complexity index is 489. The van der Waals surface area contributed by atoms with Gasteiger partial charge >= 0.3 is 0 Å². The first-order chi connectivity index (χ1) is 7.60. The molecule has 0 spiro atoms. The third-order valence-electron chi connectivity index (χ3n) is 2.90. The summed E-state index contributed by atoms with van der Waals surface area (Å²) in [4.78, 5) is 5.90. The Morgan fingerprint density at radius 3 is 2.12 bits per heavy atom. The minimum Gasteiger partial charge on any atom is -0.146 e. The molecule has 0 bridgehead atoms. The number of thiophene rings is 2. The van der Waals surface area contributed by atoms with E-state index in [1.54, 1.807) is 4.88 Å². The molecule has 0 aliphatic carbocycles. The first-order valence-electron chi connectivity index (χ1n) is 5.74. The molecule has 2 aromatic heterocycles. The van der Waals surface area contributed by atoms with Gasteiger partial charge in [-0.1, -0.05) is 6.92 Å². The van der Waals surface area contributed by atoms with Crippen molar-refractivity contribution < 1.29 is 0 Å². The fourth-order valence-electron chi connectivity index (χ4n) is 2.10. The van der Waals surface area contributed by atoms with Crippen LogP contribution in [-0.2, 0) is 12.8 Å². The maximum Gasteiger partial charge on any atom is 0.0124 e. The maximum absolute atomic E-state index is 2.34. The quantitative estimate of drug-likeness (QED) is 0.727.